The Balaban J connectivity index is 1.69. The van der Waals surface area contributed by atoms with Gasteiger partial charge >= 0.3 is 0 Å². The van der Waals surface area contributed by atoms with Gasteiger partial charge in [0.15, 0.2) is 0 Å². The van der Waals surface area contributed by atoms with E-state index in [4.69, 9.17) is 7.85 Å². The van der Waals surface area contributed by atoms with Crippen molar-refractivity contribution in [1.82, 2.24) is 15.5 Å². The van der Waals surface area contributed by atoms with Crippen molar-refractivity contribution >= 4 is 49.5 Å². The molecule has 37 heavy (non-hydrogen) atoms. The maximum atomic E-state index is 12.6. The van der Waals surface area contributed by atoms with Gasteiger partial charge in [-0.25, -0.2) is 0 Å². The Morgan fingerprint density at radius 1 is 1.11 bits per heavy atom. The molecule has 0 aromatic heterocycles. The van der Waals surface area contributed by atoms with Gasteiger partial charge in [-0.15, -0.1) is 0 Å². The number of hydrogen-bond acceptors (Lipinski definition) is 7. The van der Waals surface area contributed by atoms with E-state index in [1.807, 2.05) is 0 Å². The van der Waals surface area contributed by atoms with Crippen molar-refractivity contribution in [3.63, 3.8) is 0 Å². The summed E-state index contributed by atoms with van der Waals surface area (Å²) >= 11 is 0. The summed E-state index contributed by atoms with van der Waals surface area (Å²) in [6, 6.07) is 5.89. The van der Waals surface area contributed by atoms with Gasteiger partial charge < -0.3 is 20.7 Å². The summed E-state index contributed by atoms with van der Waals surface area (Å²) in [4.78, 5) is 72.1. The zero-order valence-electron chi connectivity index (χ0n) is 21.2. The van der Waals surface area contributed by atoms with E-state index in [1.165, 1.54) is 4.90 Å². The van der Waals surface area contributed by atoms with E-state index in [2.05, 4.69) is 20.7 Å². The van der Waals surface area contributed by atoms with Crippen LogP contribution in [-0.4, -0.2) is 67.9 Å². The van der Waals surface area contributed by atoms with Crippen molar-refractivity contribution < 1.29 is 33.5 Å². The fraction of sp³-hybridized carbons (Fsp3) is 0.520. The summed E-state index contributed by atoms with van der Waals surface area (Å²) in [6.45, 7) is 4.07. The van der Waals surface area contributed by atoms with Crippen molar-refractivity contribution in [2.75, 3.05) is 18.4 Å². The highest BCUT2D eigenvalue weighted by Gasteiger charge is 2.34. The first kappa shape index (κ1) is 29.5. The Hall–Kier alpha value is -3.70. The van der Waals surface area contributed by atoms with Crippen LogP contribution in [-0.2, 0) is 40.1 Å². The van der Waals surface area contributed by atoms with Gasteiger partial charge in [0, 0.05) is 30.9 Å². The van der Waals surface area contributed by atoms with Gasteiger partial charge in [-0.3, -0.25) is 33.7 Å². The quantitative estimate of drug-likeness (QED) is 0.136. The predicted octanol–water partition coefficient (Wildman–Crippen LogP) is 0.831. The molecule has 1 aromatic carbocycles. The van der Waals surface area contributed by atoms with Gasteiger partial charge in [-0.05, 0) is 36.5 Å². The van der Waals surface area contributed by atoms with E-state index < -0.39 is 23.7 Å². The number of hydrogen-bond donors (Lipinski definition) is 3. The lowest BCUT2D eigenvalue weighted by Gasteiger charge is -2.21. The van der Waals surface area contributed by atoms with Crippen LogP contribution in [0, 0.1) is 5.92 Å². The molecular weight excluding hydrogens is 479 g/mol. The second-order valence-corrected chi connectivity index (χ2v) is 9.16. The molecule has 3 N–H and O–H groups in total. The summed E-state index contributed by atoms with van der Waals surface area (Å²) < 4.78 is 4.66. The Labute approximate surface area is 217 Å². The van der Waals surface area contributed by atoms with Crippen LogP contribution in [0.15, 0.2) is 24.3 Å². The number of rotatable bonds is 15. The molecule has 0 bridgehead atoms. The number of unbranched alkanes of at least 4 members (excludes halogenated alkanes) is 2. The first-order valence-electron chi connectivity index (χ1n) is 12.2. The lowest BCUT2D eigenvalue weighted by Crippen LogP contribution is -2.51. The van der Waals surface area contributed by atoms with E-state index >= 15 is 0 Å². The SMILES string of the molecule is [B]C1CC(=O)N(CCCCCC(=O)NC(C(=O)NCC(=O)Nc2ccc(COC=O)cc2)C(C)C)C1=O. The van der Waals surface area contributed by atoms with Gasteiger partial charge in [0.05, 0.1) is 14.4 Å². The van der Waals surface area contributed by atoms with E-state index in [1.54, 1.807) is 38.1 Å². The standard InChI is InChI=1S/C25H33BN4O7/c1-16(2)23(29-20(32)6-4-3-5-11-30-22(34)12-19(26)25(30)36)24(35)27-13-21(33)28-18-9-7-17(8-10-18)14-37-15-31/h7-10,15-16,19,23H,3-6,11-14H2,1-2H3,(H,27,35)(H,28,33)(H,29,32). The maximum absolute atomic E-state index is 12.6. The summed E-state index contributed by atoms with van der Waals surface area (Å²) in [5.41, 5.74) is 1.28. The fourth-order valence-corrected chi connectivity index (χ4v) is 3.75. The van der Waals surface area contributed by atoms with Crippen LogP contribution in [0.4, 0.5) is 5.69 Å². The molecular formula is C25H33BN4O7. The average molecular weight is 512 g/mol. The van der Waals surface area contributed by atoms with Crippen molar-refractivity contribution in [2.24, 2.45) is 5.92 Å². The largest absolute Gasteiger partial charge is 0.463 e. The van der Waals surface area contributed by atoms with Crippen LogP contribution in [0.1, 0.15) is 51.5 Å². The Morgan fingerprint density at radius 2 is 1.81 bits per heavy atom. The fourth-order valence-electron chi connectivity index (χ4n) is 3.75. The summed E-state index contributed by atoms with van der Waals surface area (Å²) in [5.74, 6) is -2.80. The third-order valence-corrected chi connectivity index (χ3v) is 5.81. The molecule has 2 radical (unpaired) electrons. The van der Waals surface area contributed by atoms with Crippen LogP contribution >= 0.6 is 0 Å². The topological polar surface area (TPSA) is 151 Å². The van der Waals surface area contributed by atoms with E-state index in [9.17, 15) is 28.8 Å². The lowest BCUT2D eigenvalue weighted by atomic mass is 9.86. The molecule has 198 valence electrons. The zero-order chi connectivity index (χ0) is 27.4. The first-order chi connectivity index (χ1) is 17.6. The molecule has 2 atom stereocenters. The van der Waals surface area contributed by atoms with Crippen LogP contribution in [0.2, 0.25) is 5.82 Å². The van der Waals surface area contributed by atoms with Gasteiger partial charge in [0.2, 0.25) is 29.5 Å². The molecule has 0 aliphatic carbocycles. The van der Waals surface area contributed by atoms with Crippen molar-refractivity contribution in [1.29, 1.82) is 0 Å². The molecule has 1 aliphatic heterocycles. The second kappa shape index (κ2) is 14.8. The van der Waals surface area contributed by atoms with E-state index in [-0.39, 0.29) is 56.2 Å². The Kier molecular flexibility index (Phi) is 11.8. The minimum atomic E-state index is -0.807. The minimum Gasteiger partial charge on any atom is -0.463 e. The van der Waals surface area contributed by atoms with E-state index in [0.29, 0.717) is 31.4 Å². The number of carbonyl (C=O) groups excluding carboxylic acids is 6. The number of amides is 5. The van der Waals surface area contributed by atoms with Gasteiger partial charge in [-0.2, -0.15) is 0 Å². The Bertz CT molecular complexity index is 984. The Morgan fingerprint density at radius 3 is 2.41 bits per heavy atom. The number of benzene rings is 1. The summed E-state index contributed by atoms with van der Waals surface area (Å²) in [5, 5.41) is 7.91. The van der Waals surface area contributed by atoms with Crippen molar-refractivity contribution in [3.05, 3.63) is 29.8 Å². The zero-order valence-corrected chi connectivity index (χ0v) is 21.2. The number of anilines is 1. The normalized spacial score (nSPS) is 15.9. The van der Waals surface area contributed by atoms with Crippen LogP contribution < -0.4 is 16.0 Å². The second-order valence-electron chi connectivity index (χ2n) is 9.16. The molecule has 12 heteroatoms. The monoisotopic (exact) mass is 512 g/mol. The predicted molar refractivity (Wildman–Crippen MR) is 135 cm³/mol. The van der Waals surface area contributed by atoms with Crippen LogP contribution in [0.3, 0.4) is 0 Å². The lowest BCUT2D eigenvalue weighted by molar-refractivity contribution is -0.138. The maximum Gasteiger partial charge on any atom is 0.293 e. The minimum absolute atomic E-state index is 0.0356. The number of likely N-dealkylation sites (tertiary alicyclic amines) is 1. The third kappa shape index (κ3) is 9.70. The van der Waals surface area contributed by atoms with Gasteiger partial charge in [0.25, 0.3) is 6.47 Å². The first-order valence-corrected chi connectivity index (χ1v) is 12.2. The third-order valence-electron chi connectivity index (χ3n) is 5.81. The molecule has 2 unspecified atom stereocenters. The summed E-state index contributed by atoms with van der Waals surface area (Å²) in [7, 11) is 5.58. The molecule has 2 rings (SSSR count). The molecule has 0 saturated carbocycles. The molecule has 1 fully saturated rings. The van der Waals surface area contributed by atoms with E-state index in [0.717, 1.165) is 5.56 Å². The van der Waals surface area contributed by atoms with Gasteiger partial charge in [0.1, 0.15) is 12.6 Å². The number of nitrogens with zero attached hydrogens (tertiary/aromatic N) is 1. The average Bonchev–Trinajstić information content (AvgIpc) is 3.10. The number of ether oxygens (including phenoxy) is 1. The van der Waals surface area contributed by atoms with Crippen molar-refractivity contribution in [2.45, 2.75) is 64.4 Å². The number of imide groups is 1. The molecule has 1 heterocycles. The number of carbonyl (C=O) groups is 6. The van der Waals surface area contributed by atoms with Crippen LogP contribution in [0.5, 0.6) is 0 Å². The van der Waals surface area contributed by atoms with Crippen molar-refractivity contribution in [3.8, 4) is 0 Å². The molecule has 11 nitrogen and oxygen atoms in total. The molecule has 1 aromatic rings. The molecule has 5 amide bonds. The highest BCUT2D eigenvalue weighted by atomic mass is 16.5. The summed E-state index contributed by atoms with van der Waals surface area (Å²) in [6.07, 6.45) is 1.95. The molecule has 1 aliphatic rings. The molecule has 1 saturated heterocycles. The smallest absolute Gasteiger partial charge is 0.293 e. The molecule has 0 spiro atoms. The highest BCUT2D eigenvalue weighted by Crippen LogP contribution is 2.22. The number of nitrogens with one attached hydrogen (secondary N) is 3. The van der Waals surface area contributed by atoms with Gasteiger partial charge in [-0.1, -0.05) is 32.4 Å². The van der Waals surface area contributed by atoms with Crippen LogP contribution in [0.25, 0.3) is 0 Å². The highest BCUT2D eigenvalue weighted by molar-refractivity contribution is 6.29.